The lowest BCUT2D eigenvalue weighted by molar-refractivity contribution is -0.132. The second kappa shape index (κ2) is 10.5. The Morgan fingerprint density at radius 2 is 1.53 bits per heavy atom. The van der Waals surface area contributed by atoms with Crippen LogP contribution < -0.4 is 24.0 Å². The Balaban J connectivity index is 2.00. The van der Waals surface area contributed by atoms with Gasteiger partial charge in [-0.05, 0) is 60.9 Å². The first-order valence-corrected chi connectivity index (χ1v) is 12.1. The van der Waals surface area contributed by atoms with Crippen LogP contribution in [0.1, 0.15) is 28.3 Å². The fourth-order valence-electron chi connectivity index (χ4n) is 4.89. The minimum atomic E-state index is -0.894. The summed E-state index contributed by atoms with van der Waals surface area (Å²) < 4.78 is 16.4. The third kappa shape index (κ3) is 4.53. The van der Waals surface area contributed by atoms with Crippen molar-refractivity contribution in [2.75, 3.05) is 45.2 Å². The van der Waals surface area contributed by atoms with Crippen LogP contribution in [0.5, 0.6) is 17.2 Å². The van der Waals surface area contributed by atoms with E-state index in [0.717, 1.165) is 16.8 Å². The van der Waals surface area contributed by atoms with Gasteiger partial charge in [0.25, 0.3) is 11.7 Å². The number of carbonyl (C=O) groups is 2. The fourth-order valence-corrected chi connectivity index (χ4v) is 4.89. The molecule has 4 rings (SSSR count). The van der Waals surface area contributed by atoms with Gasteiger partial charge >= 0.3 is 0 Å². The summed E-state index contributed by atoms with van der Waals surface area (Å²) in [5, 5.41) is 11.6. The third-order valence-corrected chi connectivity index (χ3v) is 6.69. The molecule has 0 bridgehead atoms. The predicted molar refractivity (Wildman–Crippen MR) is 148 cm³/mol. The smallest absolute Gasteiger partial charge is 0.300 e. The molecule has 38 heavy (non-hydrogen) atoms. The maximum atomic E-state index is 13.6. The third-order valence-electron chi connectivity index (χ3n) is 6.69. The van der Waals surface area contributed by atoms with Crippen molar-refractivity contribution in [1.29, 1.82) is 0 Å². The van der Waals surface area contributed by atoms with Gasteiger partial charge in [-0.3, -0.25) is 14.5 Å². The summed E-state index contributed by atoms with van der Waals surface area (Å²) in [6.45, 7) is 3.76. The molecule has 1 fully saturated rings. The van der Waals surface area contributed by atoms with Crippen LogP contribution in [-0.2, 0) is 9.59 Å². The molecule has 0 aliphatic carbocycles. The molecule has 0 spiro atoms. The topological polar surface area (TPSA) is 88.5 Å². The molecule has 0 saturated carbocycles. The number of benzene rings is 3. The highest BCUT2D eigenvalue weighted by Crippen LogP contribution is 2.45. The van der Waals surface area contributed by atoms with Crippen LogP contribution in [0.2, 0.25) is 0 Å². The lowest BCUT2D eigenvalue weighted by Gasteiger charge is -2.27. The summed E-state index contributed by atoms with van der Waals surface area (Å²) in [6, 6.07) is 15.3. The van der Waals surface area contributed by atoms with Gasteiger partial charge in [-0.2, -0.15) is 0 Å². The molecule has 1 heterocycles. The number of hydrogen-bond acceptors (Lipinski definition) is 7. The number of Topliss-reactive ketones (excluding diaryl/α,β-unsaturated/α-hetero) is 1. The zero-order valence-electron chi connectivity index (χ0n) is 22.7. The van der Waals surface area contributed by atoms with Gasteiger partial charge in [0.1, 0.15) is 11.5 Å². The van der Waals surface area contributed by atoms with E-state index in [1.807, 2.05) is 63.2 Å². The van der Waals surface area contributed by atoms with E-state index in [0.29, 0.717) is 34.1 Å². The predicted octanol–water partition coefficient (Wildman–Crippen LogP) is 5.02. The average Bonchev–Trinajstić information content (AvgIpc) is 3.17. The van der Waals surface area contributed by atoms with Crippen molar-refractivity contribution in [2.45, 2.75) is 19.9 Å². The number of methoxy groups -OCH3 is 3. The summed E-state index contributed by atoms with van der Waals surface area (Å²) >= 11 is 0. The van der Waals surface area contributed by atoms with E-state index in [9.17, 15) is 14.7 Å². The SMILES string of the molecule is COc1ccc(N2C(=O)C(=O)/C(=C(/O)c3cc(C)cc(C)c3OC)C2c2ccc(N(C)C)cc2)cc1OC. The summed E-state index contributed by atoms with van der Waals surface area (Å²) in [4.78, 5) is 30.5. The van der Waals surface area contributed by atoms with E-state index in [4.69, 9.17) is 14.2 Å². The van der Waals surface area contributed by atoms with Crippen LogP contribution in [0.25, 0.3) is 5.76 Å². The van der Waals surface area contributed by atoms with Crippen molar-refractivity contribution in [1.82, 2.24) is 0 Å². The number of aliphatic hydroxyl groups excluding tert-OH is 1. The first-order valence-electron chi connectivity index (χ1n) is 12.1. The van der Waals surface area contributed by atoms with Crippen LogP contribution in [0.3, 0.4) is 0 Å². The molecule has 1 N–H and O–H groups in total. The molecule has 0 aromatic heterocycles. The second-order valence-corrected chi connectivity index (χ2v) is 9.36. The first-order chi connectivity index (χ1) is 18.1. The van der Waals surface area contributed by atoms with Crippen molar-refractivity contribution < 1.29 is 28.9 Å². The molecule has 198 valence electrons. The molecule has 1 unspecified atom stereocenters. The molecule has 8 heteroatoms. The zero-order valence-corrected chi connectivity index (χ0v) is 22.7. The number of ether oxygens (including phenoxy) is 3. The van der Waals surface area contributed by atoms with Gasteiger partial charge in [0.15, 0.2) is 11.5 Å². The molecule has 1 aliphatic rings. The fraction of sp³-hybridized carbons (Fsp3) is 0.267. The summed E-state index contributed by atoms with van der Waals surface area (Å²) in [5.74, 6) is -0.517. The highest BCUT2D eigenvalue weighted by atomic mass is 16.5. The van der Waals surface area contributed by atoms with E-state index in [1.54, 1.807) is 24.3 Å². The number of aliphatic hydroxyl groups is 1. The van der Waals surface area contributed by atoms with Crippen LogP contribution in [0.4, 0.5) is 11.4 Å². The molecule has 8 nitrogen and oxygen atoms in total. The van der Waals surface area contributed by atoms with Gasteiger partial charge in [0.2, 0.25) is 0 Å². The Hall–Kier alpha value is -4.46. The van der Waals surface area contributed by atoms with Crippen molar-refractivity contribution >= 4 is 28.8 Å². The van der Waals surface area contributed by atoms with Crippen LogP contribution >= 0.6 is 0 Å². The largest absolute Gasteiger partial charge is 0.507 e. The molecule has 0 radical (unpaired) electrons. The second-order valence-electron chi connectivity index (χ2n) is 9.36. The summed E-state index contributed by atoms with van der Waals surface area (Å²) in [7, 11) is 8.38. The van der Waals surface area contributed by atoms with E-state index in [-0.39, 0.29) is 11.3 Å². The van der Waals surface area contributed by atoms with Crippen LogP contribution in [0.15, 0.2) is 60.2 Å². The van der Waals surface area contributed by atoms with E-state index < -0.39 is 17.7 Å². The van der Waals surface area contributed by atoms with Crippen LogP contribution in [0, 0.1) is 13.8 Å². The summed E-state index contributed by atoms with van der Waals surface area (Å²) in [6.07, 6.45) is 0. The molecule has 1 amide bonds. The Bertz CT molecular complexity index is 1430. The van der Waals surface area contributed by atoms with Gasteiger partial charge in [-0.15, -0.1) is 0 Å². The highest BCUT2D eigenvalue weighted by Gasteiger charge is 2.47. The molecule has 1 aliphatic heterocycles. The Morgan fingerprint density at radius 1 is 0.868 bits per heavy atom. The molecule has 3 aromatic carbocycles. The molecular weight excluding hydrogens is 484 g/mol. The molecular formula is C30H32N2O6. The van der Waals surface area contributed by atoms with Gasteiger partial charge in [-0.25, -0.2) is 0 Å². The number of nitrogens with zero attached hydrogens (tertiary/aromatic N) is 2. The molecule has 1 atom stereocenters. The first kappa shape index (κ1) is 26.6. The number of amides is 1. The summed E-state index contributed by atoms with van der Waals surface area (Å²) in [5.41, 5.74) is 4.05. The lowest BCUT2D eigenvalue weighted by Crippen LogP contribution is -2.29. The van der Waals surface area contributed by atoms with Crippen molar-refractivity contribution in [2.24, 2.45) is 0 Å². The number of carbonyl (C=O) groups excluding carboxylic acids is 2. The van der Waals surface area contributed by atoms with Crippen LogP contribution in [-0.4, -0.2) is 52.2 Å². The minimum absolute atomic E-state index is 0.0225. The zero-order chi connectivity index (χ0) is 27.7. The van der Waals surface area contributed by atoms with Crippen molar-refractivity contribution in [3.05, 3.63) is 82.4 Å². The maximum absolute atomic E-state index is 13.6. The highest BCUT2D eigenvalue weighted by molar-refractivity contribution is 6.51. The van der Waals surface area contributed by atoms with Gasteiger partial charge in [0.05, 0.1) is 38.5 Å². The van der Waals surface area contributed by atoms with E-state index in [1.165, 1.54) is 26.2 Å². The number of aryl methyl sites for hydroxylation is 2. The monoisotopic (exact) mass is 516 g/mol. The Kier molecular flexibility index (Phi) is 7.35. The average molecular weight is 517 g/mol. The molecule has 3 aromatic rings. The van der Waals surface area contributed by atoms with Gasteiger partial charge in [0, 0.05) is 31.5 Å². The van der Waals surface area contributed by atoms with Gasteiger partial charge < -0.3 is 24.2 Å². The number of anilines is 2. The quantitative estimate of drug-likeness (QED) is 0.268. The minimum Gasteiger partial charge on any atom is -0.507 e. The van der Waals surface area contributed by atoms with Crippen molar-refractivity contribution in [3.8, 4) is 17.2 Å². The number of ketones is 1. The maximum Gasteiger partial charge on any atom is 0.300 e. The standard InChI is InChI=1S/C30H32N2O6/c1-17-14-18(2)29(38-7)22(15-17)27(33)25-26(19-8-10-20(11-9-19)31(3)4)32(30(35)28(25)34)21-12-13-23(36-5)24(16-21)37-6/h8-16,26,33H,1-7H3/b27-25+. The van der Waals surface area contributed by atoms with E-state index in [2.05, 4.69) is 0 Å². The Morgan fingerprint density at radius 3 is 2.11 bits per heavy atom. The van der Waals surface area contributed by atoms with Gasteiger partial charge in [-0.1, -0.05) is 18.2 Å². The number of rotatable bonds is 7. The number of hydrogen-bond donors (Lipinski definition) is 1. The Labute approximate surface area is 222 Å². The molecule has 1 saturated heterocycles. The normalized spacial score (nSPS) is 16.5. The van der Waals surface area contributed by atoms with Crippen molar-refractivity contribution in [3.63, 3.8) is 0 Å². The van der Waals surface area contributed by atoms with E-state index >= 15 is 0 Å². The lowest BCUT2D eigenvalue weighted by atomic mass is 9.93.